The molecular weight excluding hydrogens is 346 g/mol. The van der Waals surface area contributed by atoms with Crippen LogP contribution in [0.2, 0.25) is 0 Å². The molecule has 0 aliphatic rings. The first-order valence-electron chi connectivity index (χ1n) is 6.75. The van der Waals surface area contributed by atoms with E-state index < -0.39 is 0 Å². The molecule has 0 unspecified atom stereocenters. The van der Waals surface area contributed by atoms with Crippen molar-refractivity contribution >= 4 is 38.7 Å². The Morgan fingerprint density at radius 1 is 1.14 bits per heavy atom. The third-order valence-corrected chi connectivity index (χ3v) is 4.05. The molecule has 0 aliphatic heterocycles. The number of hydrogen-bond acceptors (Lipinski definition) is 3. The Morgan fingerprint density at radius 3 is 2.50 bits per heavy atom. The summed E-state index contributed by atoms with van der Waals surface area (Å²) >= 11 is 3.52. The number of furan rings is 1. The van der Waals surface area contributed by atoms with Gasteiger partial charge in [0, 0.05) is 18.1 Å². The van der Waals surface area contributed by atoms with E-state index in [4.69, 9.17) is 9.15 Å². The molecule has 3 aromatic rings. The largest absolute Gasteiger partial charge is 0.439 e. The molecule has 0 fully saturated rings. The first-order chi connectivity index (χ1) is 10.7. The normalized spacial score (nSPS) is 10.8. The monoisotopic (exact) mass is 359 g/mol. The maximum Gasteiger partial charge on any atom is 0.262 e. The molecular formula is C17H14BrNO3. The first-order valence-corrected chi connectivity index (χ1v) is 7.54. The molecule has 0 bridgehead atoms. The topological polar surface area (TPSA) is 42.7 Å². The van der Waals surface area contributed by atoms with E-state index in [2.05, 4.69) is 15.9 Å². The van der Waals surface area contributed by atoms with Gasteiger partial charge < -0.3 is 9.15 Å². The maximum atomic E-state index is 12.7. The van der Waals surface area contributed by atoms with Crippen LogP contribution in [0.5, 0.6) is 0 Å². The van der Waals surface area contributed by atoms with Crippen molar-refractivity contribution in [2.45, 2.75) is 0 Å². The van der Waals surface area contributed by atoms with Crippen molar-refractivity contribution in [1.82, 2.24) is 0 Å². The van der Waals surface area contributed by atoms with Crippen LogP contribution in [0.3, 0.4) is 0 Å². The number of para-hydroxylation sites is 1. The number of benzene rings is 2. The molecule has 2 aromatic carbocycles. The summed E-state index contributed by atoms with van der Waals surface area (Å²) in [7, 11) is 1.54. The molecule has 1 aromatic heterocycles. The van der Waals surface area contributed by atoms with Crippen molar-refractivity contribution in [1.29, 1.82) is 0 Å². The highest BCUT2D eigenvalue weighted by atomic mass is 79.9. The van der Waals surface area contributed by atoms with Crippen molar-refractivity contribution in [3.63, 3.8) is 0 Å². The molecule has 22 heavy (non-hydrogen) atoms. The predicted octanol–water partition coefficient (Wildman–Crippen LogP) is 4.45. The van der Waals surface area contributed by atoms with Gasteiger partial charge in [0.05, 0.1) is 4.47 Å². The van der Waals surface area contributed by atoms with Crippen molar-refractivity contribution < 1.29 is 13.9 Å². The van der Waals surface area contributed by atoms with Crippen LogP contribution < -0.4 is 4.90 Å². The molecule has 1 amide bonds. The van der Waals surface area contributed by atoms with Crippen molar-refractivity contribution in [3.8, 4) is 0 Å². The summed E-state index contributed by atoms with van der Waals surface area (Å²) in [5, 5.41) is 0.916. The molecule has 0 saturated carbocycles. The van der Waals surface area contributed by atoms with E-state index in [1.807, 2.05) is 42.5 Å². The second-order valence-electron chi connectivity index (χ2n) is 4.73. The minimum atomic E-state index is -0.179. The molecule has 3 rings (SSSR count). The number of methoxy groups -OCH3 is 1. The zero-order valence-electron chi connectivity index (χ0n) is 12.0. The molecule has 0 N–H and O–H groups in total. The highest BCUT2D eigenvalue weighted by Crippen LogP contribution is 2.37. The minimum Gasteiger partial charge on any atom is -0.439 e. The van der Waals surface area contributed by atoms with Gasteiger partial charge in [0.25, 0.3) is 5.91 Å². The van der Waals surface area contributed by atoms with Crippen LogP contribution in [0, 0.1) is 0 Å². The van der Waals surface area contributed by atoms with Gasteiger partial charge in [0.2, 0.25) is 5.88 Å². The van der Waals surface area contributed by atoms with Gasteiger partial charge in [-0.3, -0.25) is 9.69 Å². The second-order valence-corrected chi connectivity index (χ2v) is 5.53. The molecule has 112 valence electrons. The highest BCUT2D eigenvalue weighted by Gasteiger charge is 2.24. The van der Waals surface area contributed by atoms with Gasteiger partial charge in [-0.05, 0) is 40.2 Å². The summed E-state index contributed by atoms with van der Waals surface area (Å²) in [5.74, 6) is 0.263. The van der Waals surface area contributed by atoms with Crippen molar-refractivity contribution in [2.75, 3.05) is 18.7 Å². The molecule has 0 aliphatic carbocycles. The summed E-state index contributed by atoms with van der Waals surface area (Å²) in [6.45, 7) is 0.103. The number of fused-ring (bicyclic) bond motifs is 1. The Kier molecular flexibility index (Phi) is 4.27. The van der Waals surface area contributed by atoms with Gasteiger partial charge in [-0.2, -0.15) is 0 Å². The molecule has 0 spiro atoms. The summed E-state index contributed by atoms with van der Waals surface area (Å²) in [5.41, 5.74) is 1.29. The average molecular weight is 360 g/mol. The van der Waals surface area contributed by atoms with Crippen molar-refractivity contribution in [3.05, 3.63) is 64.6 Å². The Morgan fingerprint density at radius 2 is 1.82 bits per heavy atom. The second kappa shape index (κ2) is 6.34. The smallest absolute Gasteiger partial charge is 0.262 e. The standard InChI is InChI=1S/C17H14BrNO3/c1-21-11-19(16(20)12-7-3-2-4-8-12)17-15(18)13-9-5-6-10-14(13)22-17/h2-10H,11H2,1H3. The van der Waals surface area contributed by atoms with Gasteiger partial charge in [-0.15, -0.1) is 0 Å². The zero-order valence-corrected chi connectivity index (χ0v) is 13.5. The Bertz CT molecular complexity index is 798. The lowest BCUT2D eigenvalue weighted by molar-refractivity contribution is 0.0929. The lowest BCUT2D eigenvalue weighted by Crippen LogP contribution is -2.32. The SMILES string of the molecule is COCN(C(=O)c1ccccc1)c1oc2ccccc2c1Br. The number of carbonyl (C=O) groups is 1. The number of ether oxygens (including phenoxy) is 1. The third kappa shape index (κ3) is 2.65. The lowest BCUT2D eigenvalue weighted by Gasteiger charge is -2.19. The predicted molar refractivity (Wildman–Crippen MR) is 89.0 cm³/mol. The van der Waals surface area contributed by atoms with Crippen LogP contribution >= 0.6 is 15.9 Å². The number of amides is 1. The Labute approximate surface area is 136 Å². The third-order valence-electron chi connectivity index (χ3n) is 3.29. The molecule has 4 nitrogen and oxygen atoms in total. The van der Waals surface area contributed by atoms with Crippen LogP contribution in [0.1, 0.15) is 10.4 Å². The van der Waals surface area contributed by atoms with E-state index in [0.29, 0.717) is 17.0 Å². The summed E-state index contributed by atoms with van der Waals surface area (Å²) in [6, 6.07) is 16.7. The van der Waals surface area contributed by atoms with Gasteiger partial charge in [-0.1, -0.05) is 30.3 Å². The summed E-state index contributed by atoms with van der Waals surface area (Å²) in [4.78, 5) is 14.2. The van der Waals surface area contributed by atoms with Crippen LogP contribution in [0.25, 0.3) is 11.0 Å². The maximum absolute atomic E-state index is 12.7. The van der Waals surface area contributed by atoms with Crippen LogP contribution in [0.15, 0.2) is 63.5 Å². The fourth-order valence-corrected chi connectivity index (χ4v) is 2.87. The van der Waals surface area contributed by atoms with Crippen LogP contribution in [-0.2, 0) is 4.74 Å². The number of anilines is 1. The Hall–Kier alpha value is -2.11. The first kappa shape index (κ1) is 14.8. The number of hydrogen-bond donors (Lipinski definition) is 0. The highest BCUT2D eigenvalue weighted by molar-refractivity contribution is 9.10. The molecule has 0 saturated heterocycles. The summed E-state index contributed by atoms with van der Waals surface area (Å²) < 4.78 is 11.8. The minimum absolute atomic E-state index is 0.103. The fourth-order valence-electron chi connectivity index (χ4n) is 2.25. The number of rotatable bonds is 4. The molecule has 0 radical (unpaired) electrons. The van der Waals surface area contributed by atoms with Gasteiger partial charge >= 0.3 is 0 Å². The quantitative estimate of drug-likeness (QED) is 0.646. The van der Waals surface area contributed by atoms with Crippen LogP contribution in [0.4, 0.5) is 5.88 Å². The van der Waals surface area contributed by atoms with E-state index in [1.165, 1.54) is 4.90 Å². The van der Waals surface area contributed by atoms with E-state index in [9.17, 15) is 4.79 Å². The van der Waals surface area contributed by atoms with E-state index in [1.54, 1.807) is 19.2 Å². The van der Waals surface area contributed by atoms with E-state index in [-0.39, 0.29) is 12.6 Å². The number of halogens is 1. The molecule has 1 heterocycles. The average Bonchev–Trinajstić information content (AvgIpc) is 2.90. The van der Waals surface area contributed by atoms with E-state index in [0.717, 1.165) is 9.86 Å². The molecule has 5 heteroatoms. The van der Waals surface area contributed by atoms with E-state index >= 15 is 0 Å². The van der Waals surface area contributed by atoms with Crippen molar-refractivity contribution in [2.24, 2.45) is 0 Å². The molecule has 0 atom stereocenters. The van der Waals surface area contributed by atoms with Gasteiger partial charge in [0.15, 0.2) is 0 Å². The zero-order chi connectivity index (χ0) is 15.5. The number of nitrogens with zero attached hydrogens (tertiary/aromatic N) is 1. The fraction of sp³-hybridized carbons (Fsp3) is 0.118. The number of carbonyl (C=O) groups excluding carboxylic acids is 1. The van der Waals surface area contributed by atoms with Gasteiger partial charge in [-0.25, -0.2) is 0 Å². The lowest BCUT2D eigenvalue weighted by atomic mass is 10.2. The Balaban J connectivity index is 2.06. The van der Waals surface area contributed by atoms with Crippen LogP contribution in [-0.4, -0.2) is 19.7 Å². The van der Waals surface area contributed by atoms with Gasteiger partial charge in [0.1, 0.15) is 12.3 Å². The summed E-state index contributed by atoms with van der Waals surface area (Å²) in [6.07, 6.45) is 0.